The average molecular weight is 293 g/mol. The maximum absolute atomic E-state index is 9.67. The minimum Gasteiger partial charge on any atom is -0.380 e. The van der Waals surface area contributed by atoms with Gasteiger partial charge in [0.2, 0.25) is 0 Å². The van der Waals surface area contributed by atoms with Crippen LogP contribution < -0.4 is 5.32 Å². The van der Waals surface area contributed by atoms with Gasteiger partial charge in [-0.3, -0.25) is 10.2 Å². The number of piperidine rings is 1. The molecule has 2 fully saturated rings. The van der Waals surface area contributed by atoms with Crippen LogP contribution in [0.1, 0.15) is 52.4 Å². The molecule has 1 aliphatic carbocycles. The van der Waals surface area contributed by atoms with Crippen LogP contribution in [0.5, 0.6) is 0 Å². The molecule has 1 N–H and O–H groups in total. The summed E-state index contributed by atoms with van der Waals surface area (Å²) in [6.07, 6.45) is 6.98. The molecule has 1 heterocycles. The first-order valence-electron chi connectivity index (χ1n) is 8.57. The van der Waals surface area contributed by atoms with Gasteiger partial charge < -0.3 is 4.74 Å². The Bertz CT molecular complexity index is 368. The molecule has 0 spiro atoms. The topological polar surface area (TPSA) is 48.3 Å². The van der Waals surface area contributed by atoms with Crippen LogP contribution in [0, 0.1) is 17.2 Å². The van der Waals surface area contributed by atoms with Gasteiger partial charge in [-0.25, -0.2) is 0 Å². The van der Waals surface area contributed by atoms with Gasteiger partial charge in [-0.2, -0.15) is 5.26 Å². The Balaban J connectivity index is 1.98. The van der Waals surface area contributed by atoms with Crippen LogP contribution in [0.15, 0.2) is 0 Å². The van der Waals surface area contributed by atoms with Crippen LogP contribution in [-0.4, -0.2) is 49.3 Å². The molecular formula is C17H31N3O. The Labute approximate surface area is 129 Å². The molecule has 4 unspecified atom stereocenters. The van der Waals surface area contributed by atoms with Gasteiger partial charge in [-0.15, -0.1) is 0 Å². The molecule has 1 saturated carbocycles. The number of likely N-dealkylation sites (tertiary alicyclic amines) is 1. The number of ether oxygens (including phenoxy) is 1. The van der Waals surface area contributed by atoms with E-state index in [1.165, 1.54) is 12.8 Å². The van der Waals surface area contributed by atoms with E-state index in [9.17, 15) is 5.26 Å². The van der Waals surface area contributed by atoms with Gasteiger partial charge >= 0.3 is 0 Å². The molecule has 2 aliphatic rings. The first kappa shape index (κ1) is 16.7. The summed E-state index contributed by atoms with van der Waals surface area (Å²) >= 11 is 0. The van der Waals surface area contributed by atoms with E-state index in [4.69, 9.17) is 4.74 Å². The minimum absolute atomic E-state index is 0.301. The fourth-order valence-electron chi connectivity index (χ4n) is 3.92. The molecule has 0 radical (unpaired) electrons. The van der Waals surface area contributed by atoms with Crippen molar-refractivity contribution in [3.63, 3.8) is 0 Å². The molecule has 0 bridgehead atoms. The fraction of sp³-hybridized carbons (Fsp3) is 0.941. The second kappa shape index (κ2) is 7.58. The highest BCUT2D eigenvalue weighted by Gasteiger charge is 2.40. The van der Waals surface area contributed by atoms with Crippen LogP contribution in [0.2, 0.25) is 0 Å². The van der Waals surface area contributed by atoms with Crippen molar-refractivity contribution in [2.24, 2.45) is 5.92 Å². The summed E-state index contributed by atoms with van der Waals surface area (Å²) in [6.45, 7) is 7.57. The molecule has 0 aromatic heterocycles. The second-order valence-electron chi connectivity index (χ2n) is 6.91. The van der Waals surface area contributed by atoms with Gasteiger partial charge in [0.1, 0.15) is 5.54 Å². The van der Waals surface area contributed by atoms with E-state index in [0.717, 1.165) is 45.3 Å². The number of nitriles is 1. The van der Waals surface area contributed by atoms with E-state index in [1.54, 1.807) is 0 Å². The summed E-state index contributed by atoms with van der Waals surface area (Å²) in [4.78, 5) is 2.58. The maximum atomic E-state index is 9.67. The molecular weight excluding hydrogens is 262 g/mol. The van der Waals surface area contributed by atoms with Crippen molar-refractivity contribution in [1.82, 2.24) is 10.2 Å². The smallest absolute Gasteiger partial charge is 0.108 e. The number of rotatable bonds is 5. The molecule has 1 saturated heterocycles. The highest BCUT2D eigenvalue weighted by atomic mass is 16.5. The largest absolute Gasteiger partial charge is 0.380 e. The number of methoxy groups -OCH3 is 1. The lowest BCUT2D eigenvalue weighted by atomic mass is 9.78. The van der Waals surface area contributed by atoms with E-state index >= 15 is 0 Å². The first-order chi connectivity index (χ1) is 10.1. The fourth-order valence-corrected chi connectivity index (χ4v) is 3.92. The van der Waals surface area contributed by atoms with Crippen LogP contribution in [0.25, 0.3) is 0 Å². The molecule has 21 heavy (non-hydrogen) atoms. The molecule has 4 heteroatoms. The molecule has 0 aromatic carbocycles. The summed E-state index contributed by atoms with van der Waals surface area (Å²) in [7, 11) is 1.83. The van der Waals surface area contributed by atoms with Crippen LogP contribution in [0.3, 0.4) is 0 Å². The molecule has 4 atom stereocenters. The monoisotopic (exact) mass is 293 g/mol. The summed E-state index contributed by atoms with van der Waals surface area (Å²) in [5.41, 5.74) is -0.301. The normalized spacial score (nSPS) is 38.1. The lowest BCUT2D eigenvalue weighted by Gasteiger charge is -2.45. The first-order valence-corrected chi connectivity index (χ1v) is 8.57. The Morgan fingerprint density at radius 2 is 2.24 bits per heavy atom. The highest BCUT2D eigenvalue weighted by Crippen LogP contribution is 2.33. The van der Waals surface area contributed by atoms with Gasteiger partial charge in [0, 0.05) is 19.7 Å². The van der Waals surface area contributed by atoms with Crippen molar-refractivity contribution in [3.8, 4) is 6.07 Å². The molecule has 120 valence electrons. The highest BCUT2D eigenvalue weighted by molar-refractivity contribution is 5.11. The van der Waals surface area contributed by atoms with E-state index in [-0.39, 0.29) is 5.54 Å². The standard InChI is InChI=1S/C17H31N3O/c1-4-9-19-17(13-18)8-5-6-15(11-17)20-10-7-14(2)16(12-20)21-3/h14-16,19H,4-12H2,1-3H3. The zero-order valence-corrected chi connectivity index (χ0v) is 13.9. The zero-order valence-electron chi connectivity index (χ0n) is 13.9. The van der Waals surface area contributed by atoms with Crippen molar-refractivity contribution >= 4 is 0 Å². The van der Waals surface area contributed by atoms with Gasteiger partial charge in [-0.05, 0) is 57.5 Å². The Kier molecular flexibility index (Phi) is 6.04. The second-order valence-corrected chi connectivity index (χ2v) is 6.91. The van der Waals surface area contributed by atoms with Crippen molar-refractivity contribution < 1.29 is 4.74 Å². The third-order valence-electron chi connectivity index (χ3n) is 5.39. The third-order valence-corrected chi connectivity index (χ3v) is 5.39. The number of nitrogens with zero attached hydrogens (tertiary/aromatic N) is 2. The summed E-state index contributed by atoms with van der Waals surface area (Å²) in [5, 5.41) is 13.2. The summed E-state index contributed by atoms with van der Waals surface area (Å²) in [6, 6.07) is 3.12. The molecule has 2 rings (SSSR count). The Hall–Kier alpha value is -0.630. The van der Waals surface area contributed by atoms with Crippen molar-refractivity contribution in [1.29, 1.82) is 5.26 Å². The Morgan fingerprint density at radius 3 is 2.90 bits per heavy atom. The average Bonchev–Trinajstić information content (AvgIpc) is 2.53. The van der Waals surface area contributed by atoms with Gasteiger partial charge in [0.15, 0.2) is 0 Å². The molecule has 0 aromatic rings. The molecule has 4 nitrogen and oxygen atoms in total. The predicted octanol–water partition coefficient (Wildman–Crippen LogP) is 2.55. The Morgan fingerprint density at radius 1 is 1.43 bits per heavy atom. The number of hydrogen-bond donors (Lipinski definition) is 1. The lowest BCUT2D eigenvalue weighted by Crippen LogP contribution is -2.56. The molecule has 1 aliphatic heterocycles. The molecule has 0 amide bonds. The maximum Gasteiger partial charge on any atom is 0.108 e. The SMILES string of the molecule is CCCNC1(C#N)CCCC(N2CCC(C)C(OC)C2)C1. The quantitative estimate of drug-likeness (QED) is 0.846. The van der Waals surface area contributed by atoms with Gasteiger partial charge in [-0.1, -0.05) is 13.8 Å². The number of nitrogens with one attached hydrogen (secondary N) is 1. The predicted molar refractivity (Wildman–Crippen MR) is 85.0 cm³/mol. The summed E-state index contributed by atoms with van der Waals surface area (Å²) in [5.74, 6) is 0.647. The van der Waals surface area contributed by atoms with E-state index in [2.05, 4.69) is 30.1 Å². The van der Waals surface area contributed by atoms with Crippen molar-refractivity contribution in [2.75, 3.05) is 26.7 Å². The van der Waals surface area contributed by atoms with Crippen LogP contribution in [0.4, 0.5) is 0 Å². The van der Waals surface area contributed by atoms with Gasteiger partial charge in [0.25, 0.3) is 0 Å². The number of hydrogen-bond acceptors (Lipinski definition) is 4. The van der Waals surface area contributed by atoms with Crippen LogP contribution >= 0.6 is 0 Å². The minimum atomic E-state index is -0.301. The summed E-state index contributed by atoms with van der Waals surface area (Å²) < 4.78 is 5.65. The van der Waals surface area contributed by atoms with E-state index in [0.29, 0.717) is 18.1 Å². The zero-order chi connectivity index (χ0) is 15.3. The third kappa shape index (κ3) is 3.97. The van der Waals surface area contributed by atoms with Crippen molar-refractivity contribution in [2.45, 2.75) is 70.1 Å². The van der Waals surface area contributed by atoms with Gasteiger partial charge in [0.05, 0.1) is 12.2 Å². The van der Waals surface area contributed by atoms with E-state index < -0.39 is 0 Å². The van der Waals surface area contributed by atoms with Crippen molar-refractivity contribution in [3.05, 3.63) is 0 Å². The van der Waals surface area contributed by atoms with Crippen LogP contribution in [-0.2, 0) is 4.74 Å². The van der Waals surface area contributed by atoms with E-state index in [1.807, 2.05) is 7.11 Å². The lowest BCUT2D eigenvalue weighted by molar-refractivity contribution is -0.0284.